The zero-order valence-electron chi connectivity index (χ0n) is 14.4. The number of hydrogen-bond acceptors (Lipinski definition) is 5. The van der Waals surface area contributed by atoms with Crippen LogP contribution in [0.5, 0.6) is 0 Å². The molecule has 0 aliphatic carbocycles. The Labute approximate surface area is 151 Å². The molecular weight excluding hydrogens is 326 g/mol. The summed E-state index contributed by atoms with van der Waals surface area (Å²) < 4.78 is 5.25. The van der Waals surface area contributed by atoms with Gasteiger partial charge in [-0.3, -0.25) is 4.98 Å². The van der Waals surface area contributed by atoms with Crippen molar-refractivity contribution in [2.45, 2.75) is 13.3 Å². The smallest absolute Gasteiger partial charge is 0.341 e. The Bertz CT molecular complexity index is 1050. The molecule has 2 heterocycles. The van der Waals surface area contributed by atoms with Crippen molar-refractivity contribution in [2.75, 3.05) is 18.1 Å². The van der Waals surface area contributed by atoms with Gasteiger partial charge in [-0.05, 0) is 37.1 Å². The highest BCUT2D eigenvalue weighted by Gasteiger charge is 2.28. The number of hydrogen-bond donors (Lipinski definition) is 0. The largest absolute Gasteiger partial charge is 0.462 e. The van der Waals surface area contributed by atoms with Crippen molar-refractivity contribution < 1.29 is 9.53 Å². The fraction of sp³-hybridized carbons (Fsp3) is 0.190. The molecule has 0 N–H and O–H groups in total. The summed E-state index contributed by atoms with van der Waals surface area (Å²) >= 11 is 0. The van der Waals surface area contributed by atoms with Crippen LogP contribution in [0.25, 0.3) is 10.9 Å². The average molecular weight is 343 g/mol. The van der Waals surface area contributed by atoms with Gasteiger partial charge < -0.3 is 9.64 Å². The van der Waals surface area contributed by atoms with Crippen molar-refractivity contribution >= 4 is 28.2 Å². The molecule has 26 heavy (non-hydrogen) atoms. The number of aromatic nitrogens is 1. The van der Waals surface area contributed by atoms with E-state index in [1.54, 1.807) is 25.3 Å². The molecule has 1 aliphatic rings. The molecule has 128 valence electrons. The third-order valence-electron chi connectivity index (χ3n) is 4.64. The lowest BCUT2D eigenvalue weighted by molar-refractivity contribution is 0.0527. The minimum atomic E-state index is -0.422. The van der Waals surface area contributed by atoms with Crippen molar-refractivity contribution in [1.82, 2.24) is 4.98 Å². The van der Waals surface area contributed by atoms with E-state index in [1.165, 1.54) is 5.56 Å². The molecule has 0 saturated heterocycles. The van der Waals surface area contributed by atoms with Gasteiger partial charge in [0.2, 0.25) is 0 Å². The van der Waals surface area contributed by atoms with Crippen LogP contribution >= 0.6 is 0 Å². The number of ether oxygens (including phenoxy) is 1. The normalized spacial score (nSPS) is 12.7. The van der Waals surface area contributed by atoms with Crippen LogP contribution in [-0.2, 0) is 11.2 Å². The molecule has 0 unspecified atom stereocenters. The first-order chi connectivity index (χ1) is 12.7. The van der Waals surface area contributed by atoms with E-state index in [2.05, 4.69) is 22.0 Å². The topological polar surface area (TPSA) is 66.2 Å². The Balaban J connectivity index is 2.04. The fourth-order valence-corrected chi connectivity index (χ4v) is 3.53. The third-order valence-corrected chi connectivity index (χ3v) is 4.64. The highest BCUT2D eigenvalue weighted by atomic mass is 16.5. The monoisotopic (exact) mass is 343 g/mol. The highest BCUT2D eigenvalue weighted by molar-refractivity contribution is 6.08. The van der Waals surface area contributed by atoms with Gasteiger partial charge in [-0.15, -0.1) is 0 Å². The van der Waals surface area contributed by atoms with E-state index in [4.69, 9.17) is 4.74 Å². The zero-order valence-corrected chi connectivity index (χ0v) is 14.4. The third kappa shape index (κ3) is 2.47. The van der Waals surface area contributed by atoms with Crippen molar-refractivity contribution in [2.24, 2.45) is 0 Å². The highest BCUT2D eigenvalue weighted by Crippen LogP contribution is 2.41. The Morgan fingerprint density at radius 1 is 1.27 bits per heavy atom. The lowest BCUT2D eigenvalue weighted by Crippen LogP contribution is -2.19. The first kappa shape index (κ1) is 16.1. The number of carbonyl (C=O) groups excluding carboxylic acids is 1. The average Bonchev–Trinajstić information content (AvgIpc) is 3.10. The zero-order chi connectivity index (χ0) is 18.1. The molecule has 0 atom stereocenters. The van der Waals surface area contributed by atoms with Gasteiger partial charge in [0, 0.05) is 23.8 Å². The molecule has 5 heteroatoms. The lowest BCUT2D eigenvalue weighted by atomic mass is 10.0. The van der Waals surface area contributed by atoms with Crippen LogP contribution in [0.2, 0.25) is 0 Å². The van der Waals surface area contributed by atoms with Gasteiger partial charge in [-0.1, -0.05) is 24.3 Å². The van der Waals surface area contributed by atoms with Gasteiger partial charge in [-0.2, -0.15) is 5.26 Å². The van der Waals surface area contributed by atoms with Crippen molar-refractivity contribution in [1.29, 1.82) is 5.26 Å². The number of fused-ring (bicyclic) bond motifs is 2. The molecule has 0 bridgehead atoms. The number of carbonyl (C=O) groups is 1. The summed E-state index contributed by atoms with van der Waals surface area (Å²) in [6.45, 7) is 2.80. The molecule has 0 spiro atoms. The van der Waals surface area contributed by atoms with Gasteiger partial charge in [-0.25, -0.2) is 4.79 Å². The summed E-state index contributed by atoms with van der Waals surface area (Å²) in [5.41, 5.74) is 4.56. The molecule has 2 aromatic carbocycles. The number of nitriles is 1. The van der Waals surface area contributed by atoms with Crippen LogP contribution in [0.3, 0.4) is 0 Å². The molecular formula is C21H17N3O2. The first-order valence-electron chi connectivity index (χ1n) is 8.59. The van der Waals surface area contributed by atoms with E-state index in [9.17, 15) is 10.1 Å². The Morgan fingerprint density at radius 2 is 2.12 bits per heavy atom. The molecule has 0 fully saturated rings. The number of nitrogens with zero attached hydrogens (tertiary/aromatic N) is 3. The number of anilines is 2. The number of benzene rings is 2. The number of esters is 1. The van der Waals surface area contributed by atoms with Gasteiger partial charge in [0.25, 0.3) is 0 Å². The maximum atomic E-state index is 12.6. The molecule has 3 aromatic rings. The van der Waals surface area contributed by atoms with E-state index < -0.39 is 5.97 Å². The summed E-state index contributed by atoms with van der Waals surface area (Å²) in [7, 11) is 0. The second-order valence-electron chi connectivity index (χ2n) is 6.08. The Morgan fingerprint density at radius 3 is 2.92 bits per heavy atom. The Hall–Kier alpha value is -3.39. The van der Waals surface area contributed by atoms with Crippen LogP contribution in [0.1, 0.15) is 28.4 Å². The molecule has 0 radical (unpaired) electrons. The summed E-state index contributed by atoms with van der Waals surface area (Å²) in [4.78, 5) is 19.1. The number of rotatable bonds is 3. The van der Waals surface area contributed by atoms with Gasteiger partial charge in [0.05, 0.1) is 29.4 Å². The SMILES string of the molecule is CCOC(=O)c1cnc2cccc(C#N)c2c1N1CCc2ccccc21. The standard InChI is InChI=1S/C21H17N3O2/c1-2-26-21(25)16-13-23-17-8-5-7-15(12-22)19(17)20(16)24-11-10-14-6-3-4-9-18(14)24/h3-9,13H,2,10-11H2,1H3. The Kier molecular flexibility index (Phi) is 4.02. The predicted molar refractivity (Wildman–Crippen MR) is 99.6 cm³/mol. The predicted octanol–water partition coefficient (Wildman–Crippen LogP) is 3.98. The summed E-state index contributed by atoms with van der Waals surface area (Å²) in [6.07, 6.45) is 2.44. The maximum absolute atomic E-state index is 12.6. The second kappa shape index (κ2) is 6.49. The van der Waals surface area contributed by atoms with Crippen molar-refractivity contribution in [3.05, 3.63) is 65.4 Å². The second-order valence-corrected chi connectivity index (χ2v) is 6.08. The summed E-state index contributed by atoms with van der Waals surface area (Å²) in [6, 6.07) is 15.8. The van der Waals surface area contributed by atoms with Crippen molar-refractivity contribution in [3.8, 4) is 6.07 Å². The number of para-hydroxylation sites is 1. The molecule has 1 aromatic heterocycles. The molecule has 4 rings (SSSR count). The minimum Gasteiger partial charge on any atom is -0.462 e. The van der Waals surface area contributed by atoms with Crippen LogP contribution in [0.4, 0.5) is 11.4 Å². The van der Waals surface area contributed by atoms with Crippen molar-refractivity contribution in [3.63, 3.8) is 0 Å². The van der Waals surface area contributed by atoms with Crippen LogP contribution in [-0.4, -0.2) is 24.1 Å². The minimum absolute atomic E-state index is 0.285. The van der Waals surface area contributed by atoms with Gasteiger partial charge in [0.1, 0.15) is 5.56 Å². The summed E-state index contributed by atoms with van der Waals surface area (Å²) in [5.74, 6) is -0.422. The van der Waals surface area contributed by atoms with Crippen LogP contribution in [0.15, 0.2) is 48.7 Å². The van der Waals surface area contributed by atoms with E-state index in [1.807, 2.05) is 24.3 Å². The molecule has 0 saturated carbocycles. The number of pyridine rings is 1. The van der Waals surface area contributed by atoms with E-state index >= 15 is 0 Å². The maximum Gasteiger partial charge on any atom is 0.341 e. The van der Waals surface area contributed by atoms with Gasteiger partial charge >= 0.3 is 5.97 Å². The van der Waals surface area contributed by atoms with Gasteiger partial charge in [0.15, 0.2) is 0 Å². The van der Waals surface area contributed by atoms with Crippen LogP contribution in [0, 0.1) is 11.3 Å². The van der Waals surface area contributed by atoms with E-state index in [0.29, 0.717) is 27.7 Å². The molecule has 5 nitrogen and oxygen atoms in total. The molecule has 1 aliphatic heterocycles. The van der Waals surface area contributed by atoms with E-state index in [-0.39, 0.29) is 6.61 Å². The van der Waals surface area contributed by atoms with Crippen LogP contribution < -0.4 is 4.90 Å². The fourth-order valence-electron chi connectivity index (χ4n) is 3.53. The van der Waals surface area contributed by atoms with E-state index in [0.717, 1.165) is 18.7 Å². The summed E-state index contributed by atoms with van der Waals surface area (Å²) in [5, 5.41) is 10.3. The molecule has 0 amide bonds. The quantitative estimate of drug-likeness (QED) is 0.673. The first-order valence-corrected chi connectivity index (χ1v) is 8.59. The lowest BCUT2D eigenvalue weighted by Gasteiger charge is -2.24.